The summed E-state index contributed by atoms with van der Waals surface area (Å²) in [6, 6.07) is 4.68. The van der Waals surface area contributed by atoms with Gasteiger partial charge in [0.25, 0.3) is 0 Å². The van der Waals surface area contributed by atoms with Crippen LogP contribution < -0.4 is 14.2 Å². The topological polar surface area (TPSA) is 47.6 Å². The highest BCUT2D eigenvalue weighted by molar-refractivity contribution is 7.96. The molecule has 0 amide bonds. The first-order chi connectivity index (χ1) is 10.1. The van der Waals surface area contributed by atoms with Gasteiger partial charge in [-0.25, -0.2) is 4.39 Å². The molecule has 116 valence electrons. The van der Waals surface area contributed by atoms with Crippen molar-refractivity contribution < 1.29 is 18.7 Å². The maximum absolute atomic E-state index is 13.5. The Labute approximate surface area is 128 Å². The molecule has 0 aromatic heterocycles. The monoisotopic (exact) mass is 313 g/mol. The van der Waals surface area contributed by atoms with Gasteiger partial charge in [-0.05, 0) is 6.26 Å². The Kier molecular flexibility index (Phi) is 5.87. The molecule has 0 radical (unpaired) electrons. The number of nitrogens with one attached hydrogen (secondary N) is 1. The van der Waals surface area contributed by atoms with E-state index in [1.165, 1.54) is 12.1 Å². The van der Waals surface area contributed by atoms with Crippen LogP contribution in [0.25, 0.3) is 0 Å². The second-order valence-electron chi connectivity index (χ2n) is 5.03. The molecule has 21 heavy (non-hydrogen) atoms. The van der Waals surface area contributed by atoms with Crippen LogP contribution in [0.5, 0.6) is 11.5 Å². The maximum Gasteiger partial charge on any atom is 0.169 e. The molecule has 1 aromatic carbocycles. The third kappa shape index (κ3) is 4.89. The lowest BCUT2D eigenvalue weighted by molar-refractivity contribution is -0.120. The predicted octanol–water partition coefficient (Wildman–Crippen LogP) is 2.96. The normalized spacial score (nSPS) is 20.7. The van der Waals surface area contributed by atoms with E-state index in [0.717, 1.165) is 12.8 Å². The number of carbonyl (C=O) groups excluding carboxylic acids is 1. The molecule has 0 saturated heterocycles. The highest BCUT2D eigenvalue weighted by Crippen LogP contribution is 2.29. The molecule has 0 spiro atoms. The third-order valence-corrected chi connectivity index (χ3v) is 3.89. The summed E-state index contributed by atoms with van der Waals surface area (Å²) in [5.41, 5.74) is 0. The van der Waals surface area contributed by atoms with Crippen LogP contribution in [-0.2, 0) is 4.79 Å². The van der Waals surface area contributed by atoms with Crippen molar-refractivity contribution in [3.63, 3.8) is 0 Å². The van der Waals surface area contributed by atoms with E-state index in [1.807, 2.05) is 6.26 Å². The highest BCUT2D eigenvalue weighted by atomic mass is 32.2. The van der Waals surface area contributed by atoms with Gasteiger partial charge in [-0.1, -0.05) is 18.9 Å². The van der Waals surface area contributed by atoms with E-state index in [-0.39, 0.29) is 18.5 Å². The van der Waals surface area contributed by atoms with Gasteiger partial charge in [0, 0.05) is 43.5 Å². The van der Waals surface area contributed by atoms with E-state index < -0.39 is 5.82 Å². The minimum Gasteiger partial charge on any atom is -0.490 e. The smallest absolute Gasteiger partial charge is 0.169 e. The van der Waals surface area contributed by atoms with E-state index in [9.17, 15) is 9.18 Å². The van der Waals surface area contributed by atoms with Crippen molar-refractivity contribution in [2.75, 3.05) is 12.9 Å². The summed E-state index contributed by atoms with van der Waals surface area (Å²) >= 11 is 1.59. The molecular formula is C15H20FNO3S. The number of hydrogen-bond acceptors (Lipinski definition) is 5. The fourth-order valence-electron chi connectivity index (χ4n) is 2.07. The zero-order valence-electron chi connectivity index (χ0n) is 12.2. The first kappa shape index (κ1) is 16.1. The van der Waals surface area contributed by atoms with Crippen molar-refractivity contribution in [1.29, 1.82) is 0 Å². The van der Waals surface area contributed by atoms with Crippen molar-refractivity contribution in [2.24, 2.45) is 0 Å². The minimum absolute atomic E-state index is 0.0216. The fraction of sp³-hybridized carbons (Fsp3) is 0.533. The first-order valence-corrected chi connectivity index (χ1v) is 8.23. The average Bonchev–Trinajstić information content (AvgIpc) is 2.42. The summed E-state index contributed by atoms with van der Waals surface area (Å²) in [5.74, 6) is 0.322. The molecule has 6 heteroatoms. The first-order valence-electron chi connectivity index (χ1n) is 7.01. The lowest BCUT2D eigenvalue weighted by atomic mass is 9.90. The molecule has 0 atom stereocenters. The second-order valence-corrected chi connectivity index (χ2v) is 5.68. The van der Waals surface area contributed by atoms with Crippen LogP contribution in [0.15, 0.2) is 18.2 Å². The molecule has 4 nitrogen and oxygen atoms in total. The molecule has 1 aliphatic carbocycles. The second kappa shape index (κ2) is 7.66. The minimum atomic E-state index is -0.426. The molecule has 1 aliphatic rings. The standard InChI is InChI=1S/C15H20FNO3S/c1-3-12(18)9-19-13-4-10(16)5-14(8-13)20-15-6-11(7-15)17-21-2/h4-5,8,11,15,17H,3,6-7,9H2,1-2H3/t11-,15+. The van der Waals surface area contributed by atoms with Gasteiger partial charge in [0.05, 0.1) is 0 Å². The van der Waals surface area contributed by atoms with Gasteiger partial charge in [-0.15, -0.1) is 0 Å². The van der Waals surface area contributed by atoms with Gasteiger partial charge in [-0.3, -0.25) is 9.52 Å². The van der Waals surface area contributed by atoms with Crippen molar-refractivity contribution in [1.82, 2.24) is 4.72 Å². The van der Waals surface area contributed by atoms with E-state index in [0.29, 0.717) is 24.0 Å². The van der Waals surface area contributed by atoms with E-state index in [4.69, 9.17) is 9.47 Å². The summed E-state index contributed by atoms with van der Waals surface area (Å²) < 4.78 is 27.8. The molecule has 0 unspecified atom stereocenters. The molecule has 0 aliphatic heterocycles. The Hall–Kier alpha value is -1.27. The Bertz CT molecular complexity index is 492. The van der Waals surface area contributed by atoms with Gasteiger partial charge in [-0.2, -0.15) is 0 Å². The zero-order valence-corrected chi connectivity index (χ0v) is 13.0. The number of benzene rings is 1. The number of halogens is 1. The number of Topliss-reactive ketones (excluding diaryl/α,β-unsaturated/α-hetero) is 1. The molecule has 1 fully saturated rings. The van der Waals surface area contributed by atoms with E-state index in [2.05, 4.69) is 4.72 Å². The summed E-state index contributed by atoms with van der Waals surface area (Å²) in [5, 5.41) is 0. The van der Waals surface area contributed by atoms with Crippen LogP contribution >= 0.6 is 11.9 Å². The van der Waals surface area contributed by atoms with Crippen molar-refractivity contribution in [3.8, 4) is 11.5 Å². The van der Waals surface area contributed by atoms with E-state index >= 15 is 0 Å². The van der Waals surface area contributed by atoms with Gasteiger partial charge in [0.15, 0.2) is 5.78 Å². The van der Waals surface area contributed by atoms with Crippen LogP contribution in [-0.4, -0.2) is 30.8 Å². The third-order valence-electron chi connectivity index (χ3n) is 3.32. The Morgan fingerprint density at radius 3 is 2.76 bits per heavy atom. The lowest BCUT2D eigenvalue weighted by Crippen LogP contribution is -2.44. The number of ketones is 1. The molecule has 2 rings (SSSR count). The summed E-state index contributed by atoms with van der Waals surface area (Å²) in [6.45, 7) is 1.73. The van der Waals surface area contributed by atoms with Gasteiger partial charge < -0.3 is 9.47 Å². The Morgan fingerprint density at radius 2 is 2.10 bits per heavy atom. The van der Waals surface area contributed by atoms with Gasteiger partial charge in [0.2, 0.25) is 0 Å². The number of carbonyl (C=O) groups is 1. The van der Waals surface area contributed by atoms with Crippen LogP contribution in [0.2, 0.25) is 0 Å². The molecular weight excluding hydrogens is 293 g/mol. The molecule has 0 heterocycles. The summed E-state index contributed by atoms with van der Waals surface area (Å²) in [7, 11) is 0. The molecule has 1 N–H and O–H groups in total. The average molecular weight is 313 g/mol. The Morgan fingerprint density at radius 1 is 1.38 bits per heavy atom. The summed E-state index contributed by atoms with van der Waals surface area (Å²) in [4.78, 5) is 11.2. The molecule has 1 aromatic rings. The largest absolute Gasteiger partial charge is 0.490 e. The van der Waals surface area contributed by atoms with Crippen molar-refractivity contribution in [3.05, 3.63) is 24.0 Å². The number of ether oxygens (including phenoxy) is 2. The SMILES string of the molecule is CCC(=O)COc1cc(F)cc(O[C@H]2C[C@@H](NSC)C2)c1. The van der Waals surface area contributed by atoms with E-state index in [1.54, 1.807) is 24.9 Å². The maximum atomic E-state index is 13.5. The molecule has 1 saturated carbocycles. The van der Waals surface area contributed by atoms with Crippen LogP contribution in [0.1, 0.15) is 26.2 Å². The van der Waals surface area contributed by atoms with Crippen LogP contribution in [0, 0.1) is 5.82 Å². The predicted molar refractivity (Wildman–Crippen MR) is 81.3 cm³/mol. The Balaban J connectivity index is 1.88. The molecule has 0 bridgehead atoms. The van der Waals surface area contributed by atoms with Gasteiger partial charge in [0.1, 0.15) is 30.0 Å². The quantitative estimate of drug-likeness (QED) is 0.748. The fourth-order valence-corrected chi connectivity index (χ4v) is 2.60. The summed E-state index contributed by atoms with van der Waals surface area (Å²) in [6.07, 6.45) is 4.30. The van der Waals surface area contributed by atoms with Crippen LogP contribution in [0.4, 0.5) is 4.39 Å². The highest BCUT2D eigenvalue weighted by Gasteiger charge is 2.30. The van der Waals surface area contributed by atoms with Crippen molar-refractivity contribution >= 4 is 17.7 Å². The van der Waals surface area contributed by atoms with Crippen LogP contribution in [0.3, 0.4) is 0 Å². The number of rotatable bonds is 8. The van der Waals surface area contributed by atoms with Crippen molar-refractivity contribution in [2.45, 2.75) is 38.3 Å². The zero-order chi connectivity index (χ0) is 15.2. The van der Waals surface area contributed by atoms with Gasteiger partial charge >= 0.3 is 0 Å². The lowest BCUT2D eigenvalue weighted by Gasteiger charge is -2.35. The number of hydrogen-bond donors (Lipinski definition) is 1.